The molecular formula is C20H20ClFN2O. The predicted molar refractivity (Wildman–Crippen MR) is 100 cm³/mol. The molecule has 0 aliphatic carbocycles. The molecule has 1 atom stereocenters. The molecule has 0 saturated carbocycles. The van der Waals surface area contributed by atoms with E-state index in [2.05, 4.69) is 28.4 Å². The van der Waals surface area contributed by atoms with Crippen molar-refractivity contribution < 1.29 is 9.18 Å². The predicted octanol–water partition coefficient (Wildman–Crippen LogP) is 4.60. The van der Waals surface area contributed by atoms with Crippen LogP contribution in [0.3, 0.4) is 0 Å². The van der Waals surface area contributed by atoms with Crippen molar-refractivity contribution in [2.45, 2.75) is 19.4 Å². The Bertz CT molecular complexity index is 792. The molecule has 0 radical (unpaired) electrons. The maximum absolute atomic E-state index is 13.1. The Hall–Kier alpha value is -2.17. The van der Waals surface area contributed by atoms with Crippen molar-refractivity contribution in [3.05, 3.63) is 71.0 Å². The zero-order valence-corrected chi connectivity index (χ0v) is 14.8. The van der Waals surface area contributed by atoms with Crippen LogP contribution in [0.4, 0.5) is 10.1 Å². The summed E-state index contributed by atoms with van der Waals surface area (Å²) in [6.07, 6.45) is 3.08. The first-order valence-electron chi connectivity index (χ1n) is 8.29. The molecule has 0 spiro atoms. The highest BCUT2D eigenvalue weighted by Gasteiger charge is 2.24. The van der Waals surface area contributed by atoms with E-state index in [9.17, 15) is 9.18 Å². The van der Waals surface area contributed by atoms with Crippen LogP contribution < -0.4 is 5.32 Å². The smallest absolute Gasteiger partial charge is 0.241 e. The van der Waals surface area contributed by atoms with Gasteiger partial charge in [0.25, 0.3) is 0 Å². The van der Waals surface area contributed by atoms with E-state index < -0.39 is 5.82 Å². The number of hydrogen-bond acceptors (Lipinski definition) is 2. The lowest BCUT2D eigenvalue weighted by Crippen LogP contribution is -2.44. The summed E-state index contributed by atoms with van der Waals surface area (Å²) >= 11 is 5.97. The summed E-state index contributed by atoms with van der Waals surface area (Å²) in [7, 11) is 0. The lowest BCUT2D eigenvalue weighted by atomic mass is 9.99. The molecule has 2 aromatic rings. The van der Waals surface area contributed by atoms with Gasteiger partial charge in [0.05, 0.1) is 16.8 Å². The first-order valence-corrected chi connectivity index (χ1v) is 8.67. The van der Waals surface area contributed by atoms with Crippen molar-refractivity contribution in [2.75, 3.05) is 18.4 Å². The summed E-state index contributed by atoms with van der Waals surface area (Å²) in [5.41, 5.74) is 2.97. The van der Waals surface area contributed by atoms with Crippen molar-refractivity contribution in [3.63, 3.8) is 0 Å². The summed E-state index contributed by atoms with van der Waals surface area (Å²) in [5.74, 6) is -0.573. The minimum absolute atomic E-state index is 0.148. The van der Waals surface area contributed by atoms with Crippen LogP contribution in [0.1, 0.15) is 18.9 Å². The van der Waals surface area contributed by atoms with E-state index in [1.807, 2.05) is 25.1 Å². The van der Waals surface area contributed by atoms with Crippen LogP contribution in [0, 0.1) is 5.82 Å². The molecule has 0 saturated heterocycles. The van der Waals surface area contributed by atoms with Gasteiger partial charge in [0.1, 0.15) is 5.82 Å². The molecule has 0 fully saturated rings. The van der Waals surface area contributed by atoms with E-state index in [1.165, 1.54) is 29.3 Å². The van der Waals surface area contributed by atoms with Gasteiger partial charge in [-0.25, -0.2) is 4.39 Å². The van der Waals surface area contributed by atoms with Crippen molar-refractivity contribution >= 4 is 28.8 Å². The minimum Gasteiger partial charge on any atom is -0.323 e. The quantitative estimate of drug-likeness (QED) is 0.866. The molecule has 1 N–H and O–H groups in total. The molecule has 5 heteroatoms. The fraction of sp³-hybridized carbons (Fsp3) is 0.250. The van der Waals surface area contributed by atoms with Crippen LogP contribution in [-0.4, -0.2) is 29.9 Å². The lowest BCUT2D eigenvalue weighted by Gasteiger charge is -2.31. The van der Waals surface area contributed by atoms with Gasteiger partial charge in [-0.3, -0.25) is 9.69 Å². The number of anilines is 1. The number of nitrogens with zero attached hydrogens (tertiary/aromatic N) is 1. The average Bonchev–Trinajstić information content (AvgIpc) is 2.64. The van der Waals surface area contributed by atoms with Gasteiger partial charge in [-0.1, -0.05) is 48.0 Å². The molecule has 1 aliphatic heterocycles. The topological polar surface area (TPSA) is 32.3 Å². The first-order chi connectivity index (χ1) is 12.0. The summed E-state index contributed by atoms with van der Waals surface area (Å²) in [4.78, 5) is 14.6. The van der Waals surface area contributed by atoms with Crippen molar-refractivity contribution in [2.24, 2.45) is 0 Å². The normalized spacial score (nSPS) is 16.2. The number of amides is 1. The Morgan fingerprint density at radius 3 is 2.64 bits per heavy atom. The van der Waals surface area contributed by atoms with Crippen LogP contribution in [-0.2, 0) is 4.79 Å². The Morgan fingerprint density at radius 1 is 1.24 bits per heavy atom. The van der Waals surface area contributed by atoms with Gasteiger partial charge in [-0.2, -0.15) is 0 Å². The Morgan fingerprint density at radius 2 is 2.00 bits per heavy atom. The fourth-order valence-electron chi connectivity index (χ4n) is 2.94. The molecule has 0 aromatic heterocycles. The van der Waals surface area contributed by atoms with Crippen molar-refractivity contribution in [1.29, 1.82) is 0 Å². The van der Waals surface area contributed by atoms with Crippen LogP contribution in [0.2, 0.25) is 5.02 Å². The first kappa shape index (κ1) is 17.6. The van der Waals surface area contributed by atoms with E-state index in [0.717, 1.165) is 19.5 Å². The molecular weight excluding hydrogens is 339 g/mol. The number of nitrogens with one attached hydrogen (secondary N) is 1. The maximum Gasteiger partial charge on any atom is 0.241 e. The van der Waals surface area contributed by atoms with E-state index >= 15 is 0 Å². The van der Waals surface area contributed by atoms with E-state index in [4.69, 9.17) is 11.6 Å². The zero-order valence-electron chi connectivity index (χ0n) is 14.0. The van der Waals surface area contributed by atoms with Crippen molar-refractivity contribution in [1.82, 2.24) is 4.90 Å². The minimum atomic E-state index is -0.425. The number of hydrogen-bond donors (Lipinski definition) is 1. The third kappa shape index (κ3) is 4.27. The van der Waals surface area contributed by atoms with Gasteiger partial charge >= 0.3 is 0 Å². The summed E-state index contributed by atoms with van der Waals surface area (Å²) in [6.45, 7) is 3.40. The van der Waals surface area contributed by atoms with Gasteiger partial charge in [-0.05, 0) is 42.7 Å². The lowest BCUT2D eigenvalue weighted by molar-refractivity contribution is -0.120. The largest absolute Gasteiger partial charge is 0.323 e. The van der Waals surface area contributed by atoms with Crippen molar-refractivity contribution in [3.8, 4) is 0 Å². The van der Waals surface area contributed by atoms with Crippen LogP contribution in [0.5, 0.6) is 0 Å². The highest BCUT2D eigenvalue weighted by molar-refractivity contribution is 6.33. The second-order valence-electron chi connectivity index (χ2n) is 6.13. The van der Waals surface area contributed by atoms with Gasteiger partial charge < -0.3 is 5.32 Å². The number of carbonyl (C=O) groups excluding carboxylic acids is 1. The molecule has 1 aliphatic rings. The average molecular weight is 359 g/mol. The molecule has 3 rings (SSSR count). The summed E-state index contributed by atoms with van der Waals surface area (Å²) in [5, 5.41) is 2.98. The monoisotopic (exact) mass is 358 g/mol. The number of benzene rings is 2. The SMILES string of the molecule is C[C@H](C(=O)Nc1ccc(F)cc1Cl)N1CC=C(c2ccccc2)CC1. The van der Waals surface area contributed by atoms with Crippen LogP contribution >= 0.6 is 11.6 Å². The standard InChI is InChI=1S/C20H20ClFN2O/c1-14(20(25)23-19-8-7-17(22)13-18(19)21)24-11-9-16(10-12-24)15-5-3-2-4-6-15/h2-9,13-14H,10-12H2,1H3,(H,23,25)/t14-/m1/s1. The van der Waals surface area contributed by atoms with Gasteiger partial charge in [0, 0.05) is 13.1 Å². The summed E-state index contributed by atoms with van der Waals surface area (Å²) in [6, 6.07) is 13.9. The molecule has 130 valence electrons. The Kier molecular flexibility index (Phi) is 5.51. The maximum atomic E-state index is 13.1. The van der Waals surface area contributed by atoms with E-state index in [0.29, 0.717) is 5.69 Å². The van der Waals surface area contributed by atoms with E-state index in [1.54, 1.807) is 0 Å². The highest BCUT2D eigenvalue weighted by Crippen LogP contribution is 2.25. The molecule has 1 heterocycles. The Balaban J connectivity index is 1.63. The highest BCUT2D eigenvalue weighted by atomic mass is 35.5. The second kappa shape index (κ2) is 7.81. The molecule has 2 aromatic carbocycles. The number of halogens is 2. The molecule has 0 bridgehead atoms. The molecule has 25 heavy (non-hydrogen) atoms. The molecule has 3 nitrogen and oxygen atoms in total. The number of carbonyl (C=O) groups is 1. The van der Waals surface area contributed by atoms with Gasteiger partial charge in [0.2, 0.25) is 5.91 Å². The zero-order chi connectivity index (χ0) is 17.8. The third-order valence-corrected chi connectivity index (χ3v) is 4.81. The number of rotatable bonds is 4. The fourth-order valence-corrected chi connectivity index (χ4v) is 3.16. The Labute approximate surface area is 152 Å². The van der Waals surface area contributed by atoms with E-state index in [-0.39, 0.29) is 17.0 Å². The molecule has 1 amide bonds. The summed E-state index contributed by atoms with van der Waals surface area (Å²) < 4.78 is 13.1. The van der Waals surface area contributed by atoms with Crippen LogP contribution in [0.25, 0.3) is 5.57 Å². The third-order valence-electron chi connectivity index (χ3n) is 4.50. The van der Waals surface area contributed by atoms with Gasteiger partial charge in [-0.15, -0.1) is 0 Å². The van der Waals surface area contributed by atoms with Crippen LogP contribution in [0.15, 0.2) is 54.6 Å². The van der Waals surface area contributed by atoms with Gasteiger partial charge in [0.15, 0.2) is 0 Å². The molecule has 0 unspecified atom stereocenters. The second-order valence-corrected chi connectivity index (χ2v) is 6.54.